The smallest absolute Gasteiger partial charge is 0.337 e. The Kier molecular flexibility index (Phi) is 10.8. The van der Waals surface area contributed by atoms with Crippen LogP contribution in [0.25, 0.3) is 0 Å². The lowest BCUT2D eigenvalue weighted by Crippen LogP contribution is -2.45. The second-order valence-electron chi connectivity index (χ2n) is 9.51. The van der Waals surface area contributed by atoms with E-state index in [1.165, 1.54) is 13.3 Å². The largest absolute Gasteiger partial charge is 0.490 e. The molecule has 3 aromatic rings. The molecule has 0 spiro atoms. The number of rotatable bonds is 13. The van der Waals surface area contributed by atoms with Gasteiger partial charge in [0.1, 0.15) is 19.0 Å². The van der Waals surface area contributed by atoms with Gasteiger partial charge in [0.2, 0.25) is 0 Å². The number of carbonyl (C=O) groups is 2. The molecule has 2 amide bonds. The van der Waals surface area contributed by atoms with Crippen molar-refractivity contribution in [2.75, 3.05) is 20.3 Å². The Labute approximate surface area is 254 Å². The molecule has 0 unspecified atom stereocenters. The minimum atomic E-state index is -1.17. The van der Waals surface area contributed by atoms with E-state index in [2.05, 4.69) is 27.2 Å². The number of ether oxygens (including phenoxy) is 4. The van der Waals surface area contributed by atoms with Crippen LogP contribution in [-0.4, -0.2) is 49.9 Å². The summed E-state index contributed by atoms with van der Waals surface area (Å²) in [4.78, 5) is 24.6. The van der Waals surface area contributed by atoms with Crippen LogP contribution in [0, 0.1) is 11.3 Å². The van der Waals surface area contributed by atoms with E-state index in [0.717, 1.165) is 5.56 Å². The zero-order chi connectivity index (χ0) is 31.5. The second kappa shape index (κ2) is 15.1. The van der Waals surface area contributed by atoms with Gasteiger partial charge in [0.25, 0.3) is 0 Å². The highest BCUT2D eigenvalue weighted by Gasteiger charge is 2.32. The number of benzene rings is 3. The van der Waals surface area contributed by atoms with Crippen molar-refractivity contribution >= 4 is 18.2 Å². The minimum absolute atomic E-state index is 0.170. The molecule has 0 radical (unpaired) electrons. The Morgan fingerprint density at radius 1 is 1.09 bits per heavy atom. The molecule has 228 valence electrons. The standard InChI is InChI=1S/C32H33N5O7/c1-4-42-27-15-21(30-29(31(39)41-3)20(2)35-32(40)36-30)13-14-26(27)44-19-28(38)37-34-17-23-10-7-8-12-25(23)43-18-24-11-6-5-9-22(24)16-33/h5-15,17,28,30,37-38H,4,18-19H2,1-3H3,(H2,35,36,40)/b34-17+/t28-,30-/m0/s1. The van der Waals surface area contributed by atoms with Crippen LogP contribution in [0.15, 0.2) is 83.1 Å². The molecule has 44 heavy (non-hydrogen) atoms. The third-order valence-electron chi connectivity index (χ3n) is 6.54. The lowest BCUT2D eigenvalue weighted by molar-refractivity contribution is -0.136. The number of hydrogen-bond acceptors (Lipinski definition) is 10. The summed E-state index contributed by atoms with van der Waals surface area (Å²) in [6.07, 6.45) is 0.341. The van der Waals surface area contributed by atoms with Crippen molar-refractivity contribution in [1.29, 1.82) is 5.26 Å². The van der Waals surface area contributed by atoms with Crippen LogP contribution >= 0.6 is 0 Å². The molecule has 1 heterocycles. The zero-order valence-corrected chi connectivity index (χ0v) is 24.5. The highest BCUT2D eigenvalue weighted by Crippen LogP contribution is 2.35. The number of para-hydroxylation sites is 1. The number of amides is 2. The van der Waals surface area contributed by atoms with E-state index < -0.39 is 24.3 Å². The number of aliphatic hydroxyl groups is 1. The molecular weight excluding hydrogens is 566 g/mol. The van der Waals surface area contributed by atoms with Gasteiger partial charge in [0.15, 0.2) is 17.7 Å². The Morgan fingerprint density at radius 3 is 2.64 bits per heavy atom. The lowest BCUT2D eigenvalue weighted by Gasteiger charge is -2.28. The summed E-state index contributed by atoms with van der Waals surface area (Å²) in [6.45, 7) is 3.80. The van der Waals surface area contributed by atoms with Crippen LogP contribution in [-0.2, 0) is 16.1 Å². The fourth-order valence-corrected chi connectivity index (χ4v) is 4.44. The molecule has 12 nitrogen and oxygen atoms in total. The SMILES string of the molecule is CCOc1cc([C@@H]2NC(=O)NC(C)=C2C(=O)OC)ccc1OC[C@H](O)N/N=C/c1ccccc1OCc1ccccc1C#N. The number of nitrogens with zero attached hydrogens (tertiary/aromatic N) is 2. The van der Waals surface area contributed by atoms with Crippen LogP contribution in [0.5, 0.6) is 17.2 Å². The van der Waals surface area contributed by atoms with Crippen molar-refractivity contribution in [3.05, 3.63) is 100 Å². The first kappa shape index (κ1) is 31.4. The number of nitriles is 1. The van der Waals surface area contributed by atoms with Crippen LogP contribution < -0.4 is 30.3 Å². The van der Waals surface area contributed by atoms with Gasteiger partial charge in [-0.3, -0.25) is 5.43 Å². The molecule has 0 bridgehead atoms. The Hall–Kier alpha value is -5.54. The number of hydrogen-bond donors (Lipinski definition) is 4. The monoisotopic (exact) mass is 599 g/mol. The summed E-state index contributed by atoms with van der Waals surface area (Å²) in [5.74, 6) is 0.687. The van der Waals surface area contributed by atoms with Crippen molar-refractivity contribution in [2.45, 2.75) is 32.7 Å². The second-order valence-corrected chi connectivity index (χ2v) is 9.51. The van der Waals surface area contributed by atoms with E-state index in [9.17, 15) is 20.0 Å². The molecule has 0 fully saturated rings. The van der Waals surface area contributed by atoms with E-state index in [1.54, 1.807) is 43.3 Å². The average molecular weight is 600 g/mol. The molecule has 4 rings (SSSR count). The number of nitrogens with one attached hydrogen (secondary N) is 3. The maximum Gasteiger partial charge on any atom is 0.337 e. The van der Waals surface area contributed by atoms with Gasteiger partial charge in [0, 0.05) is 16.8 Å². The first-order valence-electron chi connectivity index (χ1n) is 13.8. The Balaban J connectivity index is 1.39. The summed E-state index contributed by atoms with van der Waals surface area (Å²) < 4.78 is 22.4. The van der Waals surface area contributed by atoms with Crippen LogP contribution in [0.3, 0.4) is 0 Å². The van der Waals surface area contributed by atoms with E-state index in [0.29, 0.717) is 46.2 Å². The molecule has 0 saturated heterocycles. The van der Waals surface area contributed by atoms with Crippen LogP contribution in [0.1, 0.15) is 42.1 Å². The molecular formula is C32H33N5O7. The van der Waals surface area contributed by atoms with Crippen molar-refractivity contribution in [2.24, 2.45) is 5.10 Å². The average Bonchev–Trinajstić information content (AvgIpc) is 3.03. The van der Waals surface area contributed by atoms with Crippen molar-refractivity contribution < 1.29 is 33.6 Å². The number of methoxy groups -OCH3 is 1. The maximum absolute atomic E-state index is 12.4. The van der Waals surface area contributed by atoms with E-state index in [-0.39, 0.29) is 18.8 Å². The molecule has 1 aliphatic rings. The first-order chi connectivity index (χ1) is 21.3. The number of carbonyl (C=O) groups excluding carboxylic acids is 2. The summed E-state index contributed by atoms with van der Waals surface area (Å²) in [7, 11) is 1.27. The molecule has 12 heteroatoms. The fourth-order valence-electron chi connectivity index (χ4n) is 4.44. The fraction of sp³-hybridized carbons (Fsp3) is 0.250. The summed E-state index contributed by atoms with van der Waals surface area (Å²) >= 11 is 0. The predicted octanol–water partition coefficient (Wildman–Crippen LogP) is 3.66. The first-order valence-corrected chi connectivity index (χ1v) is 13.8. The number of aliphatic hydroxyl groups excluding tert-OH is 1. The number of hydrazone groups is 1. The summed E-state index contributed by atoms with van der Waals surface area (Å²) in [6, 6.07) is 20.4. The van der Waals surface area contributed by atoms with Gasteiger partial charge in [-0.05, 0) is 49.7 Å². The highest BCUT2D eigenvalue weighted by molar-refractivity contribution is 5.95. The molecule has 3 aromatic carbocycles. The number of allylic oxidation sites excluding steroid dienone is 1. The molecule has 2 atom stereocenters. The van der Waals surface area contributed by atoms with Crippen molar-refractivity contribution in [1.82, 2.24) is 16.1 Å². The Morgan fingerprint density at radius 2 is 1.86 bits per heavy atom. The summed E-state index contributed by atoms with van der Waals surface area (Å²) in [5, 5.41) is 29.2. The van der Waals surface area contributed by atoms with Gasteiger partial charge in [-0.25, -0.2) is 9.59 Å². The number of esters is 1. The van der Waals surface area contributed by atoms with Gasteiger partial charge < -0.3 is 34.7 Å². The summed E-state index contributed by atoms with van der Waals surface area (Å²) in [5.41, 5.74) is 5.82. The third kappa shape index (κ3) is 7.84. The number of urea groups is 1. The zero-order valence-electron chi connectivity index (χ0n) is 24.5. The lowest BCUT2D eigenvalue weighted by atomic mass is 9.95. The normalized spacial score (nSPS) is 15.1. The van der Waals surface area contributed by atoms with Gasteiger partial charge in [-0.2, -0.15) is 10.4 Å². The van der Waals surface area contributed by atoms with Crippen molar-refractivity contribution in [3.8, 4) is 23.3 Å². The quantitative estimate of drug-likeness (QED) is 0.0994. The van der Waals surface area contributed by atoms with Crippen molar-refractivity contribution in [3.63, 3.8) is 0 Å². The van der Waals surface area contributed by atoms with Crippen LogP contribution in [0.2, 0.25) is 0 Å². The molecule has 0 aliphatic carbocycles. The maximum atomic E-state index is 12.4. The molecule has 4 N–H and O–H groups in total. The highest BCUT2D eigenvalue weighted by atomic mass is 16.5. The minimum Gasteiger partial charge on any atom is -0.490 e. The van der Waals surface area contributed by atoms with Gasteiger partial charge in [-0.1, -0.05) is 36.4 Å². The third-order valence-corrected chi connectivity index (χ3v) is 6.54. The predicted molar refractivity (Wildman–Crippen MR) is 161 cm³/mol. The Bertz CT molecular complexity index is 1600. The molecule has 0 saturated carbocycles. The molecule has 0 aromatic heterocycles. The van der Waals surface area contributed by atoms with Gasteiger partial charge in [0.05, 0.1) is 43.2 Å². The molecule has 1 aliphatic heterocycles. The topological polar surface area (TPSA) is 164 Å². The van der Waals surface area contributed by atoms with Gasteiger partial charge >= 0.3 is 12.0 Å². The van der Waals surface area contributed by atoms with E-state index in [1.807, 2.05) is 37.3 Å². The van der Waals surface area contributed by atoms with E-state index >= 15 is 0 Å². The van der Waals surface area contributed by atoms with Crippen LogP contribution in [0.4, 0.5) is 4.79 Å². The van der Waals surface area contributed by atoms with E-state index in [4.69, 9.17) is 18.9 Å². The van der Waals surface area contributed by atoms with Gasteiger partial charge in [-0.15, -0.1) is 0 Å².